The number of aryl methyl sites for hydroxylation is 2. The number of aromatic nitrogens is 3. The summed E-state index contributed by atoms with van der Waals surface area (Å²) in [4.78, 5) is 37.8. The van der Waals surface area contributed by atoms with E-state index in [2.05, 4.69) is 33.5 Å². The van der Waals surface area contributed by atoms with Crippen LogP contribution in [0.4, 0.5) is 4.79 Å². The predicted octanol–water partition coefficient (Wildman–Crippen LogP) is 3.88. The Kier molecular flexibility index (Phi) is 5.25. The third-order valence-electron chi connectivity index (χ3n) is 6.53. The normalized spacial score (nSPS) is 20.8. The summed E-state index contributed by atoms with van der Waals surface area (Å²) in [7, 11) is 1.74. The Morgan fingerprint density at radius 2 is 2.06 bits per heavy atom. The van der Waals surface area contributed by atoms with Crippen molar-refractivity contribution in [3.05, 3.63) is 56.6 Å². The number of nitrogens with zero attached hydrogens (tertiary/aromatic N) is 4. The molecule has 1 aliphatic heterocycles. The van der Waals surface area contributed by atoms with E-state index in [1.54, 1.807) is 11.6 Å². The van der Waals surface area contributed by atoms with E-state index in [1.165, 1.54) is 22.5 Å². The van der Waals surface area contributed by atoms with Crippen LogP contribution in [0.1, 0.15) is 66.6 Å². The molecule has 8 heteroatoms. The molecule has 0 bridgehead atoms. The fourth-order valence-electron chi connectivity index (χ4n) is 4.87. The highest BCUT2D eigenvalue weighted by atomic mass is 32.1. The van der Waals surface area contributed by atoms with Crippen molar-refractivity contribution in [1.29, 1.82) is 0 Å². The molecule has 2 amide bonds. The molecule has 2 atom stereocenters. The zero-order chi connectivity index (χ0) is 21.5. The fourth-order valence-corrected chi connectivity index (χ4v) is 5.97. The lowest BCUT2D eigenvalue weighted by Gasteiger charge is -2.30. The van der Waals surface area contributed by atoms with Gasteiger partial charge in [-0.3, -0.25) is 9.36 Å². The summed E-state index contributed by atoms with van der Waals surface area (Å²) >= 11 is 1.45. The van der Waals surface area contributed by atoms with Crippen LogP contribution < -0.4 is 10.9 Å². The van der Waals surface area contributed by atoms with Gasteiger partial charge in [-0.15, -0.1) is 0 Å². The highest BCUT2D eigenvalue weighted by molar-refractivity contribution is 7.18. The van der Waals surface area contributed by atoms with Crippen molar-refractivity contribution < 1.29 is 4.79 Å². The number of fused-ring (bicyclic) bond motifs is 2. The molecule has 162 valence electrons. The minimum Gasteiger partial charge on any atom is -0.331 e. The van der Waals surface area contributed by atoms with Gasteiger partial charge >= 0.3 is 6.03 Å². The van der Waals surface area contributed by atoms with E-state index in [1.807, 2.05) is 17.9 Å². The minimum absolute atomic E-state index is 0.0430. The Hall–Kier alpha value is -2.74. The van der Waals surface area contributed by atoms with Gasteiger partial charge in [0.15, 0.2) is 10.3 Å². The van der Waals surface area contributed by atoms with Gasteiger partial charge in [0.25, 0.3) is 5.56 Å². The molecule has 2 aromatic heterocycles. The second-order valence-electron chi connectivity index (χ2n) is 8.40. The van der Waals surface area contributed by atoms with Crippen LogP contribution in [0.25, 0.3) is 10.3 Å². The van der Waals surface area contributed by atoms with Crippen molar-refractivity contribution in [1.82, 2.24) is 24.8 Å². The minimum atomic E-state index is -0.114. The molecule has 0 spiro atoms. The van der Waals surface area contributed by atoms with Crippen molar-refractivity contribution in [3.63, 3.8) is 0 Å². The summed E-state index contributed by atoms with van der Waals surface area (Å²) in [5.41, 5.74) is 2.86. The second kappa shape index (κ2) is 8.07. The van der Waals surface area contributed by atoms with E-state index < -0.39 is 0 Å². The predicted molar refractivity (Wildman–Crippen MR) is 121 cm³/mol. The first kappa shape index (κ1) is 20.2. The molecule has 1 aliphatic carbocycles. The van der Waals surface area contributed by atoms with Crippen molar-refractivity contribution in [2.45, 2.75) is 57.5 Å². The van der Waals surface area contributed by atoms with Crippen molar-refractivity contribution in [3.8, 4) is 0 Å². The molecule has 1 fully saturated rings. The molecular weight excluding hydrogens is 410 g/mol. The summed E-state index contributed by atoms with van der Waals surface area (Å²) in [6.07, 6.45) is 5.59. The number of benzene rings is 1. The molecule has 0 unspecified atom stereocenters. The molecule has 3 aromatic rings. The van der Waals surface area contributed by atoms with E-state index in [0.717, 1.165) is 42.9 Å². The Morgan fingerprint density at radius 3 is 2.90 bits per heavy atom. The molecule has 0 radical (unpaired) electrons. The van der Waals surface area contributed by atoms with Gasteiger partial charge in [0.05, 0.1) is 12.1 Å². The van der Waals surface area contributed by atoms with E-state index >= 15 is 0 Å². The maximum Gasteiger partial charge on any atom is 0.318 e. The van der Waals surface area contributed by atoms with Gasteiger partial charge in [-0.1, -0.05) is 42.5 Å². The van der Waals surface area contributed by atoms with Gasteiger partial charge in [-0.25, -0.2) is 14.8 Å². The third-order valence-corrected chi connectivity index (χ3v) is 7.58. The Morgan fingerprint density at radius 1 is 1.23 bits per heavy atom. The first-order valence-corrected chi connectivity index (χ1v) is 11.9. The standard InChI is InChI=1S/C23H27N5O2S/c1-3-18-25-21-19(22(29)27(18)2)26-20(31-21)17-12-7-13-28(17)23(30)24-16-11-6-9-14-8-4-5-10-15(14)16/h4-5,8,10,16-17H,3,6-7,9,11-13H2,1-2H3,(H,24,30)/t16-,17-/m1/s1. The van der Waals surface area contributed by atoms with Crippen LogP contribution in [0.15, 0.2) is 29.1 Å². The van der Waals surface area contributed by atoms with Crippen molar-refractivity contribution in [2.75, 3.05) is 6.54 Å². The number of nitrogens with one attached hydrogen (secondary N) is 1. The smallest absolute Gasteiger partial charge is 0.318 e. The summed E-state index contributed by atoms with van der Waals surface area (Å²) in [6, 6.07) is 8.30. The number of rotatable bonds is 3. The zero-order valence-electron chi connectivity index (χ0n) is 17.9. The average Bonchev–Trinajstić information content (AvgIpc) is 3.43. The highest BCUT2D eigenvalue weighted by Gasteiger charge is 2.34. The molecule has 1 N–H and O–H groups in total. The average molecular weight is 438 g/mol. The zero-order valence-corrected chi connectivity index (χ0v) is 18.7. The summed E-state index contributed by atoms with van der Waals surface area (Å²) in [5.74, 6) is 0.754. The van der Waals surface area contributed by atoms with E-state index in [9.17, 15) is 9.59 Å². The van der Waals surface area contributed by atoms with Crippen LogP contribution in [0.2, 0.25) is 0 Å². The molecular formula is C23H27N5O2S. The molecule has 0 saturated carbocycles. The number of carbonyl (C=O) groups excluding carboxylic acids is 1. The first-order chi connectivity index (χ1) is 15.1. The van der Waals surface area contributed by atoms with Crippen LogP contribution in [0, 0.1) is 0 Å². The number of carbonyl (C=O) groups is 1. The van der Waals surface area contributed by atoms with Crippen LogP contribution in [0.5, 0.6) is 0 Å². The maximum absolute atomic E-state index is 13.3. The molecule has 1 saturated heterocycles. The Balaban J connectivity index is 1.41. The molecule has 2 aliphatic rings. The number of amides is 2. The first-order valence-electron chi connectivity index (χ1n) is 11.1. The Labute approximate surface area is 185 Å². The highest BCUT2D eigenvalue weighted by Crippen LogP contribution is 2.36. The second-order valence-corrected chi connectivity index (χ2v) is 9.41. The van der Waals surface area contributed by atoms with Gasteiger partial charge in [0.1, 0.15) is 10.8 Å². The quantitative estimate of drug-likeness (QED) is 0.674. The number of urea groups is 1. The lowest BCUT2D eigenvalue weighted by molar-refractivity contribution is 0.187. The maximum atomic E-state index is 13.3. The largest absolute Gasteiger partial charge is 0.331 e. The van der Waals surface area contributed by atoms with E-state index in [4.69, 9.17) is 0 Å². The number of thiazole rings is 1. The molecule has 5 rings (SSSR count). The summed E-state index contributed by atoms with van der Waals surface area (Å²) in [6.45, 7) is 2.69. The fraction of sp³-hybridized carbons (Fsp3) is 0.478. The number of hydrogen-bond acceptors (Lipinski definition) is 5. The molecule has 1 aromatic carbocycles. The van der Waals surface area contributed by atoms with Crippen LogP contribution in [-0.2, 0) is 19.9 Å². The van der Waals surface area contributed by atoms with Crippen molar-refractivity contribution in [2.24, 2.45) is 7.05 Å². The van der Waals surface area contributed by atoms with Crippen molar-refractivity contribution >= 4 is 27.7 Å². The number of hydrogen-bond donors (Lipinski definition) is 1. The van der Waals surface area contributed by atoms with Crippen LogP contribution in [0.3, 0.4) is 0 Å². The molecule has 7 nitrogen and oxygen atoms in total. The topological polar surface area (TPSA) is 80.1 Å². The van der Waals surface area contributed by atoms with Gasteiger partial charge < -0.3 is 10.2 Å². The lowest BCUT2D eigenvalue weighted by Crippen LogP contribution is -2.42. The van der Waals surface area contributed by atoms with E-state index in [-0.39, 0.29) is 23.7 Å². The van der Waals surface area contributed by atoms with Gasteiger partial charge in [-0.05, 0) is 43.2 Å². The SMILES string of the molecule is CCc1nc2sc([C@H]3CCCN3C(=O)N[C@@H]3CCCc4ccccc43)nc2c(=O)n1C. The summed E-state index contributed by atoms with van der Waals surface area (Å²) < 4.78 is 1.57. The summed E-state index contributed by atoms with van der Waals surface area (Å²) in [5, 5.41) is 4.08. The number of likely N-dealkylation sites (tertiary alicyclic amines) is 1. The molecule has 3 heterocycles. The van der Waals surface area contributed by atoms with Gasteiger partial charge in [0, 0.05) is 20.0 Å². The van der Waals surface area contributed by atoms with E-state index in [0.29, 0.717) is 23.3 Å². The van der Waals surface area contributed by atoms with Crippen LogP contribution in [-0.4, -0.2) is 32.0 Å². The van der Waals surface area contributed by atoms with Crippen LogP contribution >= 0.6 is 11.3 Å². The van der Waals surface area contributed by atoms with Gasteiger partial charge in [-0.2, -0.15) is 0 Å². The lowest BCUT2D eigenvalue weighted by atomic mass is 9.88. The third kappa shape index (κ3) is 3.52. The molecule has 31 heavy (non-hydrogen) atoms. The monoisotopic (exact) mass is 437 g/mol. The Bertz CT molecular complexity index is 1200. The van der Waals surface area contributed by atoms with Gasteiger partial charge in [0.2, 0.25) is 0 Å².